The molecule has 0 bridgehead atoms. The van der Waals surface area contributed by atoms with Gasteiger partial charge in [-0.2, -0.15) is 0 Å². The molecular weight excluding hydrogens is 422 g/mol. The molecule has 0 unspecified atom stereocenters. The fraction of sp³-hybridized carbons (Fsp3) is 0.588. The Labute approximate surface area is 220 Å². The van der Waals surface area contributed by atoms with Crippen molar-refractivity contribution in [1.82, 2.24) is 4.90 Å². The summed E-state index contributed by atoms with van der Waals surface area (Å²) in [6.45, 7) is 21.4. The third-order valence-corrected chi connectivity index (χ3v) is 6.38. The van der Waals surface area contributed by atoms with Crippen LogP contribution in [0.5, 0.6) is 0 Å². The van der Waals surface area contributed by atoms with E-state index in [0.717, 1.165) is 18.8 Å². The van der Waals surface area contributed by atoms with Gasteiger partial charge in [0.15, 0.2) is 0 Å². The fourth-order valence-electron chi connectivity index (χ4n) is 3.89. The molecule has 0 heterocycles. The van der Waals surface area contributed by atoms with Crippen LogP contribution in [0.1, 0.15) is 103 Å². The summed E-state index contributed by atoms with van der Waals surface area (Å²) >= 11 is 0. The van der Waals surface area contributed by atoms with Crippen molar-refractivity contribution in [2.24, 2.45) is 5.92 Å². The molecule has 0 atom stereocenters. The second kappa shape index (κ2) is 21.4. The van der Waals surface area contributed by atoms with Gasteiger partial charge in [-0.15, -0.1) is 6.58 Å². The van der Waals surface area contributed by atoms with E-state index >= 15 is 0 Å². The zero-order chi connectivity index (χ0) is 26.5. The first-order valence-electron chi connectivity index (χ1n) is 14.3. The van der Waals surface area contributed by atoms with E-state index in [-0.39, 0.29) is 0 Å². The summed E-state index contributed by atoms with van der Waals surface area (Å²) < 4.78 is 0. The van der Waals surface area contributed by atoms with Gasteiger partial charge in [0.25, 0.3) is 0 Å². The van der Waals surface area contributed by atoms with E-state index in [0.29, 0.717) is 0 Å². The number of hydrogen-bond acceptors (Lipinski definition) is 1. The van der Waals surface area contributed by atoms with Crippen molar-refractivity contribution in [3.63, 3.8) is 0 Å². The summed E-state index contributed by atoms with van der Waals surface area (Å²) in [6, 6.07) is 15.7. The molecule has 0 aromatic heterocycles. The molecular formula is C34H57N. The maximum Gasteiger partial charge on any atom is -0.00244 e. The molecule has 2 aromatic rings. The maximum atomic E-state index is 3.48. The van der Waals surface area contributed by atoms with Crippen LogP contribution in [0.25, 0.3) is 11.1 Å². The van der Waals surface area contributed by atoms with E-state index in [1.807, 2.05) is 6.08 Å². The fourth-order valence-corrected chi connectivity index (χ4v) is 3.89. The van der Waals surface area contributed by atoms with Crippen LogP contribution in [0.15, 0.2) is 55.1 Å². The van der Waals surface area contributed by atoms with Crippen LogP contribution in [0.2, 0.25) is 0 Å². The molecule has 0 spiro atoms. The number of hydrogen-bond donors (Lipinski definition) is 0. The summed E-state index contributed by atoms with van der Waals surface area (Å²) in [5.74, 6) is 1.06. The molecule has 0 radical (unpaired) electrons. The van der Waals surface area contributed by atoms with Gasteiger partial charge in [0.2, 0.25) is 0 Å². The van der Waals surface area contributed by atoms with E-state index in [2.05, 4.69) is 109 Å². The van der Waals surface area contributed by atoms with Gasteiger partial charge >= 0.3 is 0 Å². The second-order valence-corrected chi connectivity index (χ2v) is 9.99. The second-order valence-electron chi connectivity index (χ2n) is 9.99. The van der Waals surface area contributed by atoms with Crippen LogP contribution < -0.4 is 0 Å². The molecule has 35 heavy (non-hydrogen) atoms. The van der Waals surface area contributed by atoms with E-state index in [1.165, 1.54) is 85.9 Å². The summed E-state index contributed by atoms with van der Waals surface area (Å²) in [7, 11) is 2.17. The summed E-state index contributed by atoms with van der Waals surface area (Å²) in [6.07, 6.45) is 13.5. The molecule has 1 aliphatic rings. The SMILES string of the molecule is C=CCC.CC1CCC1.CCCN(C)CCC.CCCc1cc(-c2ccc(C)cc2)ccc1CC. The Hall–Kier alpha value is -1.86. The zero-order valence-corrected chi connectivity index (χ0v) is 24.6. The monoisotopic (exact) mass is 479 g/mol. The van der Waals surface area contributed by atoms with Gasteiger partial charge in [0.05, 0.1) is 0 Å². The Morgan fingerprint density at radius 2 is 1.34 bits per heavy atom. The molecule has 1 aliphatic carbocycles. The minimum Gasteiger partial charge on any atom is -0.306 e. The van der Waals surface area contributed by atoms with Crippen LogP contribution in [-0.4, -0.2) is 25.0 Å². The quantitative estimate of drug-likeness (QED) is 0.323. The average molecular weight is 480 g/mol. The Bertz CT molecular complexity index is 749. The molecule has 1 fully saturated rings. The van der Waals surface area contributed by atoms with Gasteiger partial charge in [0, 0.05) is 0 Å². The minimum atomic E-state index is 1.06. The van der Waals surface area contributed by atoms with Crippen molar-refractivity contribution in [3.8, 4) is 11.1 Å². The number of benzene rings is 2. The highest BCUT2D eigenvalue weighted by atomic mass is 15.1. The standard InChI is InChI=1S/C18H22.C7H17N.C5H10.C4H8/c1-4-6-17-13-18(12-11-15(17)5-2)16-9-7-14(3)8-10-16;1-4-6-8(3)7-5-2;1-5-3-2-4-5;1-3-4-2/h7-13H,4-6H2,1-3H3;4-7H2,1-3H3;5H,2-4H2,1H3;3H,1,4H2,2H3. The Balaban J connectivity index is 0.000000558. The maximum absolute atomic E-state index is 3.48. The molecule has 0 amide bonds. The molecule has 1 saturated carbocycles. The van der Waals surface area contributed by atoms with Crippen LogP contribution >= 0.6 is 0 Å². The van der Waals surface area contributed by atoms with E-state index in [9.17, 15) is 0 Å². The number of allylic oxidation sites excluding steroid dienone is 1. The Morgan fingerprint density at radius 3 is 1.71 bits per heavy atom. The molecule has 2 aromatic carbocycles. The Kier molecular flexibility index (Phi) is 20.3. The highest BCUT2D eigenvalue weighted by Gasteiger charge is 2.09. The topological polar surface area (TPSA) is 3.24 Å². The van der Waals surface area contributed by atoms with E-state index in [1.54, 1.807) is 0 Å². The van der Waals surface area contributed by atoms with Gasteiger partial charge in [0.1, 0.15) is 0 Å². The predicted molar refractivity (Wildman–Crippen MR) is 162 cm³/mol. The minimum absolute atomic E-state index is 1.06. The van der Waals surface area contributed by atoms with Gasteiger partial charge in [-0.25, -0.2) is 0 Å². The van der Waals surface area contributed by atoms with Crippen molar-refractivity contribution >= 4 is 0 Å². The third-order valence-electron chi connectivity index (χ3n) is 6.38. The largest absolute Gasteiger partial charge is 0.306 e. The van der Waals surface area contributed by atoms with Crippen LogP contribution in [0.3, 0.4) is 0 Å². The van der Waals surface area contributed by atoms with Crippen LogP contribution in [0.4, 0.5) is 0 Å². The van der Waals surface area contributed by atoms with E-state index < -0.39 is 0 Å². The summed E-state index contributed by atoms with van der Waals surface area (Å²) in [5, 5.41) is 0. The molecule has 0 N–H and O–H groups in total. The molecule has 0 aliphatic heterocycles. The van der Waals surface area contributed by atoms with Crippen molar-refractivity contribution < 1.29 is 0 Å². The lowest BCUT2D eigenvalue weighted by Gasteiger charge is -2.18. The highest BCUT2D eigenvalue weighted by Crippen LogP contribution is 2.25. The average Bonchev–Trinajstić information content (AvgIpc) is 2.85. The van der Waals surface area contributed by atoms with Crippen molar-refractivity contribution in [1.29, 1.82) is 0 Å². The van der Waals surface area contributed by atoms with Gasteiger partial charge in [-0.3, -0.25) is 0 Å². The lowest BCUT2D eigenvalue weighted by atomic mass is 9.88. The molecule has 1 nitrogen and oxygen atoms in total. The van der Waals surface area contributed by atoms with Crippen LogP contribution in [0, 0.1) is 12.8 Å². The zero-order valence-electron chi connectivity index (χ0n) is 24.6. The first kappa shape index (κ1) is 33.1. The van der Waals surface area contributed by atoms with Crippen molar-refractivity contribution in [3.05, 3.63) is 71.8 Å². The number of nitrogens with zero attached hydrogens (tertiary/aromatic N) is 1. The first-order chi connectivity index (χ1) is 16.9. The molecule has 1 heteroatoms. The molecule has 0 saturated heterocycles. The summed E-state index contributed by atoms with van der Waals surface area (Å²) in [4.78, 5) is 2.36. The van der Waals surface area contributed by atoms with Gasteiger partial charge < -0.3 is 4.90 Å². The normalized spacial score (nSPS) is 12.3. The molecule has 198 valence electrons. The van der Waals surface area contributed by atoms with Crippen LogP contribution in [-0.2, 0) is 12.8 Å². The number of aryl methyl sites for hydroxylation is 3. The van der Waals surface area contributed by atoms with Gasteiger partial charge in [-0.1, -0.05) is 121 Å². The number of rotatable bonds is 9. The lowest BCUT2D eigenvalue weighted by molar-refractivity contribution is 0.335. The van der Waals surface area contributed by atoms with Crippen molar-refractivity contribution in [2.45, 2.75) is 106 Å². The van der Waals surface area contributed by atoms with E-state index in [4.69, 9.17) is 0 Å². The Morgan fingerprint density at radius 1 is 0.829 bits per heavy atom. The summed E-state index contributed by atoms with van der Waals surface area (Å²) in [5.41, 5.74) is 6.99. The first-order valence-corrected chi connectivity index (χ1v) is 14.3. The predicted octanol–water partition coefficient (Wildman–Crippen LogP) is 10.3. The van der Waals surface area contributed by atoms with Gasteiger partial charge in [-0.05, 0) is 87.3 Å². The molecule has 3 rings (SSSR count). The third kappa shape index (κ3) is 15.7. The smallest absolute Gasteiger partial charge is 0.00244 e. The lowest BCUT2D eigenvalue weighted by Crippen LogP contribution is -2.19. The van der Waals surface area contributed by atoms with Crippen molar-refractivity contribution in [2.75, 3.05) is 20.1 Å². The highest BCUT2D eigenvalue weighted by molar-refractivity contribution is 5.65.